The number of hydrogen-bond acceptors (Lipinski definition) is 6. The van der Waals surface area contributed by atoms with Crippen molar-refractivity contribution in [3.63, 3.8) is 0 Å². The summed E-state index contributed by atoms with van der Waals surface area (Å²) in [5, 5.41) is 5.67. The van der Waals surface area contributed by atoms with Gasteiger partial charge in [0.1, 0.15) is 5.82 Å². The van der Waals surface area contributed by atoms with Crippen LogP contribution in [0.25, 0.3) is 0 Å². The first-order valence-corrected chi connectivity index (χ1v) is 6.22. The van der Waals surface area contributed by atoms with Gasteiger partial charge < -0.3 is 19.5 Å². The minimum atomic E-state index is -0.534. The smallest absolute Gasteiger partial charge is 0.411 e. The highest BCUT2D eigenvalue weighted by molar-refractivity contribution is 5.84. The molecule has 2 heterocycles. The maximum absolute atomic E-state index is 11.1. The van der Waals surface area contributed by atoms with Crippen LogP contribution in [-0.4, -0.2) is 25.0 Å². The molecule has 0 radical (unpaired) electrons. The number of anilines is 3. The van der Waals surface area contributed by atoms with Crippen molar-refractivity contribution in [3.05, 3.63) is 36.5 Å². The SMILES string of the molecule is COC(=O)Nc1ccc(Nc2ccc3c(c2)OCO3)nc1. The predicted molar refractivity (Wildman–Crippen MR) is 76.1 cm³/mol. The molecule has 108 valence electrons. The lowest BCUT2D eigenvalue weighted by atomic mass is 10.2. The maximum Gasteiger partial charge on any atom is 0.411 e. The number of carbonyl (C=O) groups excluding carboxylic acids is 1. The second kappa shape index (κ2) is 5.58. The molecule has 2 N–H and O–H groups in total. The second-order valence-corrected chi connectivity index (χ2v) is 4.24. The molecule has 2 aromatic rings. The molecule has 0 aliphatic carbocycles. The molecule has 1 aliphatic rings. The molecule has 21 heavy (non-hydrogen) atoms. The first-order valence-electron chi connectivity index (χ1n) is 6.22. The Kier molecular flexibility index (Phi) is 3.46. The summed E-state index contributed by atoms with van der Waals surface area (Å²) in [5.74, 6) is 2.07. The van der Waals surface area contributed by atoms with Crippen molar-refractivity contribution in [3.8, 4) is 11.5 Å². The van der Waals surface area contributed by atoms with Crippen molar-refractivity contribution in [2.75, 3.05) is 24.5 Å². The molecule has 1 aromatic carbocycles. The van der Waals surface area contributed by atoms with Gasteiger partial charge in [0.25, 0.3) is 0 Å². The highest BCUT2D eigenvalue weighted by Gasteiger charge is 2.13. The summed E-state index contributed by atoms with van der Waals surface area (Å²) < 4.78 is 15.1. The highest BCUT2D eigenvalue weighted by Crippen LogP contribution is 2.34. The molecule has 3 rings (SSSR count). The number of pyridine rings is 1. The summed E-state index contributed by atoms with van der Waals surface area (Å²) in [6.07, 6.45) is 1.000. The molecule has 7 nitrogen and oxygen atoms in total. The van der Waals surface area contributed by atoms with Crippen LogP contribution >= 0.6 is 0 Å². The Morgan fingerprint density at radius 1 is 1.19 bits per heavy atom. The monoisotopic (exact) mass is 287 g/mol. The topological polar surface area (TPSA) is 81.7 Å². The average Bonchev–Trinajstić information content (AvgIpc) is 2.96. The van der Waals surface area contributed by atoms with E-state index < -0.39 is 6.09 Å². The van der Waals surface area contributed by atoms with Gasteiger partial charge in [-0.05, 0) is 24.3 Å². The van der Waals surface area contributed by atoms with Crippen LogP contribution in [0.2, 0.25) is 0 Å². The van der Waals surface area contributed by atoms with Gasteiger partial charge in [-0.1, -0.05) is 0 Å². The van der Waals surface area contributed by atoms with Crippen LogP contribution < -0.4 is 20.1 Å². The molecule has 1 amide bonds. The van der Waals surface area contributed by atoms with Crippen LogP contribution in [0.1, 0.15) is 0 Å². The van der Waals surface area contributed by atoms with Gasteiger partial charge in [0.2, 0.25) is 6.79 Å². The zero-order valence-electron chi connectivity index (χ0n) is 11.3. The van der Waals surface area contributed by atoms with E-state index in [4.69, 9.17) is 9.47 Å². The van der Waals surface area contributed by atoms with Gasteiger partial charge in [0.15, 0.2) is 11.5 Å². The van der Waals surface area contributed by atoms with Gasteiger partial charge in [-0.15, -0.1) is 0 Å². The van der Waals surface area contributed by atoms with Crippen LogP contribution in [-0.2, 0) is 4.74 Å². The van der Waals surface area contributed by atoms with E-state index in [2.05, 4.69) is 20.4 Å². The zero-order chi connectivity index (χ0) is 14.7. The molecule has 0 fully saturated rings. The number of nitrogens with zero attached hydrogens (tertiary/aromatic N) is 1. The van der Waals surface area contributed by atoms with E-state index in [-0.39, 0.29) is 6.79 Å². The average molecular weight is 287 g/mol. The minimum Gasteiger partial charge on any atom is -0.454 e. The van der Waals surface area contributed by atoms with Gasteiger partial charge in [0, 0.05) is 11.8 Å². The standard InChI is InChI=1S/C14H13N3O4/c1-19-14(18)17-10-3-5-13(15-7-10)16-9-2-4-11-12(6-9)21-8-20-11/h2-7H,8H2,1H3,(H,15,16)(H,17,18). The summed E-state index contributed by atoms with van der Waals surface area (Å²) in [7, 11) is 1.30. The molecule has 0 spiro atoms. The molecule has 1 aliphatic heterocycles. The summed E-state index contributed by atoms with van der Waals surface area (Å²) in [4.78, 5) is 15.3. The second-order valence-electron chi connectivity index (χ2n) is 4.24. The van der Waals surface area contributed by atoms with E-state index in [1.54, 1.807) is 12.1 Å². The van der Waals surface area contributed by atoms with Crippen molar-refractivity contribution in [2.24, 2.45) is 0 Å². The largest absolute Gasteiger partial charge is 0.454 e. The van der Waals surface area contributed by atoms with Crippen molar-refractivity contribution in [1.82, 2.24) is 4.98 Å². The number of methoxy groups -OCH3 is 1. The number of aromatic nitrogens is 1. The number of hydrogen-bond donors (Lipinski definition) is 2. The van der Waals surface area contributed by atoms with Crippen LogP contribution in [0.5, 0.6) is 11.5 Å². The fourth-order valence-electron chi connectivity index (χ4n) is 1.83. The zero-order valence-corrected chi connectivity index (χ0v) is 11.3. The van der Waals surface area contributed by atoms with Gasteiger partial charge in [0.05, 0.1) is 19.0 Å². The molecule has 0 saturated heterocycles. The molecule has 0 saturated carbocycles. The Hall–Kier alpha value is -2.96. The Morgan fingerprint density at radius 3 is 2.76 bits per heavy atom. The van der Waals surface area contributed by atoms with Gasteiger partial charge >= 0.3 is 6.09 Å². The van der Waals surface area contributed by atoms with E-state index in [0.29, 0.717) is 17.3 Å². The maximum atomic E-state index is 11.1. The lowest BCUT2D eigenvalue weighted by molar-refractivity contribution is 0.174. The predicted octanol–water partition coefficient (Wildman–Crippen LogP) is 2.73. The van der Waals surface area contributed by atoms with E-state index in [9.17, 15) is 4.79 Å². The van der Waals surface area contributed by atoms with Gasteiger partial charge in [-0.3, -0.25) is 5.32 Å². The first-order chi connectivity index (χ1) is 10.2. The molecular weight excluding hydrogens is 274 g/mol. The van der Waals surface area contributed by atoms with Crippen LogP contribution in [0.4, 0.5) is 22.0 Å². The van der Waals surface area contributed by atoms with E-state index in [0.717, 1.165) is 11.4 Å². The van der Waals surface area contributed by atoms with Crippen molar-refractivity contribution in [2.45, 2.75) is 0 Å². The number of benzene rings is 1. The molecular formula is C14H13N3O4. The third kappa shape index (κ3) is 2.97. The summed E-state index contributed by atoms with van der Waals surface area (Å²) in [6.45, 7) is 0.241. The highest BCUT2D eigenvalue weighted by atomic mass is 16.7. The Morgan fingerprint density at radius 2 is 2.00 bits per heavy atom. The van der Waals surface area contributed by atoms with Crippen LogP contribution in [0, 0.1) is 0 Å². The summed E-state index contributed by atoms with van der Waals surface area (Å²) >= 11 is 0. The van der Waals surface area contributed by atoms with E-state index in [1.165, 1.54) is 13.3 Å². The van der Waals surface area contributed by atoms with Crippen molar-refractivity contribution >= 4 is 23.3 Å². The number of carbonyl (C=O) groups is 1. The molecule has 7 heteroatoms. The number of fused-ring (bicyclic) bond motifs is 1. The van der Waals surface area contributed by atoms with Crippen molar-refractivity contribution in [1.29, 1.82) is 0 Å². The van der Waals surface area contributed by atoms with E-state index in [1.807, 2.05) is 18.2 Å². The Bertz CT molecular complexity index is 658. The number of nitrogens with one attached hydrogen (secondary N) is 2. The quantitative estimate of drug-likeness (QED) is 0.903. The Labute approximate surface area is 120 Å². The molecule has 0 unspecified atom stereocenters. The summed E-state index contributed by atoms with van der Waals surface area (Å²) in [5.41, 5.74) is 1.39. The Balaban J connectivity index is 1.69. The summed E-state index contributed by atoms with van der Waals surface area (Å²) in [6, 6.07) is 9.01. The van der Waals surface area contributed by atoms with Crippen LogP contribution in [0.3, 0.4) is 0 Å². The number of ether oxygens (including phenoxy) is 3. The third-order valence-electron chi connectivity index (χ3n) is 2.84. The number of amides is 1. The van der Waals surface area contributed by atoms with Gasteiger partial charge in [-0.2, -0.15) is 0 Å². The fourth-order valence-corrected chi connectivity index (χ4v) is 1.83. The number of rotatable bonds is 3. The first kappa shape index (κ1) is 13.0. The molecule has 0 atom stereocenters. The van der Waals surface area contributed by atoms with Crippen molar-refractivity contribution < 1.29 is 19.0 Å². The normalized spacial score (nSPS) is 11.9. The third-order valence-corrected chi connectivity index (χ3v) is 2.84. The van der Waals surface area contributed by atoms with Gasteiger partial charge in [-0.25, -0.2) is 9.78 Å². The minimum absolute atomic E-state index is 0.241. The lowest BCUT2D eigenvalue weighted by Crippen LogP contribution is -2.11. The lowest BCUT2D eigenvalue weighted by Gasteiger charge is -2.08. The fraction of sp³-hybridized carbons (Fsp3) is 0.143. The molecule has 1 aromatic heterocycles. The van der Waals surface area contributed by atoms with E-state index >= 15 is 0 Å². The molecule has 0 bridgehead atoms. The van der Waals surface area contributed by atoms with Crippen LogP contribution in [0.15, 0.2) is 36.5 Å².